The highest BCUT2D eigenvalue weighted by atomic mass is 32.1. The van der Waals surface area contributed by atoms with Crippen LogP contribution in [-0.4, -0.2) is 87.0 Å². The van der Waals surface area contributed by atoms with E-state index in [0.717, 1.165) is 93.0 Å². The van der Waals surface area contributed by atoms with Gasteiger partial charge in [0.2, 0.25) is 0 Å². The molecule has 0 bridgehead atoms. The molecule has 0 saturated carbocycles. The Balaban J connectivity index is 0.664. The molecular weight excluding hydrogens is 775 g/mol. The number of likely N-dealkylation sites (tertiary alicyclic amines) is 1. The standard InChI is InChI=1S/C51H55N7O2S/c1-31-33(3)61-50-46(31)48(52-32(2)49-54-53-34(4)58(49)50)39-12-17-42(18-13-39)56-25-35(26-56)23-51(60)29-55(30-51)24-36-27-57(28-36)41-15-10-38(11-16-41)47-44(37-8-6-5-7-9-37)20-14-40-22-43(59)19-21-45(40)47/h5-13,15-19,21-22,32,35-36,44,47,59-60H,14,20,23-30H2,1-4H3/t32?,44-,47+/m1/s1. The maximum Gasteiger partial charge on any atom is 0.162 e. The molecule has 10 heteroatoms. The van der Waals surface area contributed by atoms with Gasteiger partial charge in [-0.25, -0.2) is 0 Å². The summed E-state index contributed by atoms with van der Waals surface area (Å²) in [7, 11) is 0. The fourth-order valence-electron chi connectivity index (χ4n) is 11.2. The molecule has 3 saturated heterocycles. The summed E-state index contributed by atoms with van der Waals surface area (Å²) < 4.78 is 2.19. The summed E-state index contributed by atoms with van der Waals surface area (Å²) in [5, 5.41) is 31.8. The summed E-state index contributed by atoms with van der Waals surface area (Å²) in [6.07, 6.45) is 2.93. The third-order valence-corrected chi connectivity index (χ3v) is 15.6. The molecule has 4 aromatic carbocycles. The van der Waals surface area contributed by atoms with Crippen molar-refractivity contribution < 1.29 is 10.2 Å². The summed E-state index contributed by atoms with van der Waals surface area (Å²) in [6, 6.07) is 35.0. The van der Waals surface area contributed by atoms with Crippen LogP contribution in [0.4, 0.5) is 11.4 Å². The fraction of sp³-hybridized carbons (Fsp3) is 0.392. The van der Waals surface area contributed by atoms with Crippen molar-refractivity contribution in [3.8, 4) is 10.8 Å². The summed E-state index contributed by atoms with van der Waals surface area (Å²) in [6.45, 7) is 15.2. The fourth-order valence-corrected chi connectivity index (χ4v) is 12.4. The number of aliphatic imine (C=N–C) groups is 1. The van der Waals surface area contributed by atoms with Gasteiger partial charge in [0.25, 0.3) is 0 Å². The molecule has 4 aliphatic heterocycles. The number of benzene rings is 4. The number of anilines is 2. The molecule has 61 heavy (non-hydrogen) atoms. The second-order valence-corrected chi connectivity index (χ2v) is 20.0. The van der Waals surface area contributed by atoms with Gasteiger partial charge in [-0.15, -0.1) is 21.5 Å². The first kappa shape index (κ1) is 38.6. The molecule has 3 fully saturated rings. The predicted octanol–water partition coefficient (Wildman–Crippen LogP) is 8.74. The lowest BCUT2D eigenvalue weighted by atomic mass is 9.69. The third kappa shape index (κ3) is 6.87. The molecule has 11 rings (SSSR count). The Morgan fingerprint density at radius 3 is 2.20 bits per heavy atom. The van der Waals surface area contributed by atoms with Crippen molar-refractivity contribution in [3.63, 3.8) is 0 Å². The molecule has 3 atom stereocenters. The van der Waals surface area contributed by atoms with Crippen LogP contribution < -0.4 is 9.80 Å². The number of nitrogens with zero attached hydrogens (tertiary/aromatic N) is 7. The molecule has 0 amide bonds. The van der Waals surface area contributed by atoms with Crippen LogP contribution in [0.2, 0.25) is 0 Å². The molecule has 0 radical (unpaired) electrons. The predicted molar refractivity (Wildman–Crippen MR) is 245 cm³/mol. The van der Waals surface area contributed by atoms with E-state index in [1.54, 1.807) is 11.3 Å². The second-order valence-electron chi connectivity index (χ2n) is 18.8. The van der Waals surface area contributed by atoms with Gasteiger partial charge in [-0.05, 0) is 123 Å². The average Bonchev–Trinajstić information content (AvgIpc) is 3.72. The van der Waals surface area contributed by atoms with Gasteiger partial charge < -0.3 is 20.0 Å². The topological polar surface area (TPSA) is 93.2 Å². The average molecular weight is 830 g/mol. The molecule has 2 N–H and O–H groups in total. The lowest BCUT2D eigenvalue weighted by Crippen LogP contribution is -2.66. The molecular formula is C51H55N7O2S. The number of phenols is 1. The van der Waals surface area contributed by atoms with E-state index < -0.39 is 5.60 Å². The number of hydrogen-bond donors (Lipinski definition) is 2. The molecule has 0 spiro atoms. The number of phenolic OH excluding ortho intramolecular Hbond substituents is 1. The Hall–Kier alpha value is -5.29. The van der Waals surface area contributed by atoms with Crippen molar-refractivity contribution in [1.82, 2.24) is 19.7 Å². The van der Waals surface area contributed by atoms with E-state index >= 15 is 0 Å². The maximum absolute atomic E-state index is 11.5. The van der Waals surface area contributed by atoms with Gasteiger partial charge in [0.15, 0.2) is 5.82 Å². The van der Waals surface area contributed by atoms with Gasteiger partial charge >= 0.3 is 0 Å². The van der Waals surface area contributed by atoms with Gasteiger partial charge in [-0.1, -0.05) is 60.7 Å². The summed E-state index contributed by atoms with van der Waals surface area (Å²) in [5.41, 5.74) is 11.9. The highest BCUT2D eigenvalue weighted by Crippen LogP contribution is 2.48. The van der Waals surface area contributed by atoms with E-state index in [4.69, 9.17) is 4.99 Å². The number of aromatic nitrogens is 3. The number of β-amino-alcohol motifs (C(OH)–C–C–N with tert-alkyl or cyclic N) is 1. The number of rotatable bonds is 9. The highest BCUT2D eigenvalue weighted by molar-refractivity contribution is 7.15. The van der Waals surface area contributed by atoms with Crippen LogP contribution in [0.5, 0.6) is 5.75 Å². The zero-order chi connectivity index (χ0) is 41.6. The van der Waals surface area contributed by atoms with E-state index in [1.807, 2.05) is 19.1 Å². The quantitative estimate of drug-likeness (QED) is 0.151. The van der Waals surface area contributed by atoms with Crippen molar-refractivity contribution in [2.45, 2.75) is 70.4 Å². The van der Waals surface area contributed by atoms with E-state index in [-0.39, 0.29) is 12.0 Å². The van der Waals surface area contributed by atoms with E-state index in [1.165, 1.54) is 49.6 Å². The van der Waals surface area contributed by atoms with Crippen LogP contribution in [0.3, 0.4) is 0 Å². The minimum absolute atomic E-state index is 0.0922. The summed E-state index contributed by atoms with van der Waals surface area (Å²) in [4.78, 5) is 13.9. The van der Waals surface area contributed by atoms with Gasteiger partial charge in [0, 0.05) is 85.0 Å². The molecule has 1 unspecified atom stereocenters. The normalized spacial score (nSPS) is 22.3. The molecule has 2 aromatic heterocycles. The number of fused-ring (bicyclic) bond motifs is 4. The zero-order valence-corrected chi connectivity index (χ0v) is 36.4. The number of aromatic hydroxyl groups is 1. The van der Waals surface area contributed by atoms with E-state index in [2.05, 4.69) is 135 Å². The molecule has 312 valence electrons. The Kier molecular flexibility index (Phi) is 9.47. The molecule has 1 aliphatic carbocycles. The highest BCUT2D eigenvalue weighted by Gasteiger charge is 2.46. The van der Waals surface area contributed by atoms with Crippen molar-refractivity contribution >= 4 is 28.4 Å². The van der Waals surface area contributed by atoms with Crippen molar-refractivity contribution in [1.29, 1.82) is 0 Å². The largest absolute Gasteiger partial charge is 0.508 e. The minimum atomic E-state index is -0.571. The number of thiophene rings is 1. The first-order valence-corrected chi connectivity index (χ1v) is 23.0. The minimum Gasteiger partial charge on any atom is -0.508 e. The lowest BCUT2D eigenvalue weighted by molar-refractivity contribution is -0.118. The monoisotopic (exact) mass is 829 g/mol. The second kappa shape index (κ2) is 15.0. The lowest BCUT2D eigenvalue weighted by Gasteiger charge is -2.53. The van der Waals surface area contributed by atoms with E-state index in [9.17, 15) is 10.2 Å². The van der Waals surface area contributed by atoms with Crippen molar-refractivity contribution in [3.05, 3.63) is 153 Å². The Morgan fingerprint density at radius 2 is 1.48 bits per heavy atom. The zero-order valence-electron chi connectivity index (χ0n) is 35.6. The van der Waals surface area contributed by atoms with Gasteiger partial charge in [-0.3, -0.25) is 14.5 Å². The van der Waals surface area contributed by atoms with Crippen LogP contribution in [-0.2, 0) is 6.42 Å². The Labute approximate surface area is 363 Å². The number of aryl methyl sites for hydroxylation is 3. The number of hydrogen-bond acceptors (Lipinski definition) is 9. The molecule has 6 aromatic rings. The third-order valence-electron chi connectivity index (χ3n) is 14.4. The van der Waals surface area contributed by atoms with Gasteiger partial charge in [0.1, 0.15) is 22.6 Å². The smallest absolute Gasteiger partial charge is 0.162 e. The Bertz CT molecular complexity index is 2620. The Morgan fingerprint density at radius 1 is 0.787 bits per heavy atom. The van der Waals surface area contributed by atoms with Crippen molar-refractivity contribution in [2.24, 2.45) is 16.8 Å². The van der Waals surface area contributed by atoms with Crippen molar-refractivity contribution in [2.75, 3.05) is 55.6 Å². The van der Waals surface area contributed by atoms with Crippen LogP contribution in [0.25, 0.3) is 5.00 Å². The first-order valence-electron chi connectivity index (χ1n) is 22.2. The molecule has 6 heterocycles. The van der Waals surface area contributed by atoms with Crippen LogP contribution >= 0.6 is 11.3 Å². The van der Waals surface area contributed by atoms with Crippen LogP contribution in [0.15, 0.2) is 102 Å². The van der Waals surface area contributed by atoms with Crippen LogP contribution in [0.1, 0.15) is 93.1 Å². The maximum atomic E-state index is 11.5. The summed E-state index contributed by atoms with van der Waals surface area (Å²) >= 11 is 1.80. The van der Waals surface area contributed by atoms with Gasteiger partial charge in [-0.2, -0.15) is 0 Å². The van der Waals surface area contributed by atoms with Gasteiger partial charge in [0.05, 0.1) is 11.3 Å². The molecule has 9 nitrogen and oxygen atoms in total. The SMILES string of the molecule is Cc1sc2c(c1C)C(c1ccc(N3CC(CC4(O)CN(CC5CN(c6ccc([C@@H]7c8ccc(O)cc8CC[C@@H]7c7ccccc7)cc6)C5)C4)C3)cc1)=NC(C)c1nnc(C)n1-2. The first-order chi connectivity index (χ1) is 29.6. The van der Waals surface area contributed by atoms with Crippen LogP contribution in [0, 0.1) is 32.6 Å². The number of aliphatic hydroxyl groups is 1. The van der Waals surface area contributed by atoms with E-state index in [0.29, 0.717) is 23.5 Å². The summed E-state index contributed by atoms with van der Waals surface area (Å²) in [5.74, 6) is 3.96. The molecule has 5 aliphatic rings.